The highest BCUT2D eigenvalue weighted by molar-refractivity contribution is 7.86. The minimum absolute atomic E-state index is 0.0470. The summed E-state index contributed by atoms with van der Waals surface area (Å²) in [7, 11) is -4.30. The van der Waals surface area contributed by atoms with E-state index in [1.807, 2.05) is 0 Å². The van der Waals surface area contributed by atoms with E-state index in [1.165, 1.54) is 0 Å². The van der Waals surface area contributed by atoms with E-state index >= 15 is 0 Å². The van der Waals surface area contributed by atoms with Gasteiger partial charge in [-0.25, -0.2) is 0 Å². The first-order valence-corrected chi connectivity index (χ1v) is 6.73. The molecule has 0 aliphatic heterocycles. The van der Waals surface area contributed by atoms with Crippen LogP contribution >= 0.6 is 0 Å². The predicted octanol–water partition coefficient (Wildman–Crippen LogP) is 0.969. The zero-order valence-electron chi connectivity index (χ0n) is 9.46. The molecule has 0 unspecified atom stereocenters. The zero-order valence-corrected chi connectivity index (χ0v) is 10.3. The number of nitrogens with one attached hydrogen (secondary N) is 1. The van der Waals surface area contributed by atoms with Gasteiger partial charge in [-0.2, -0.15) is 8.42 Å². The summed E-state index contributed by atoms with van der Waals surface area (Å²) in [6.45, 7) is 1.61. The van der Waals surface area contributed by atoms with Crippen LogP contribution in [0.2, 0.25) is 0 Å². The molecule has 0 radical (unpaired) electrons. The predicted molar refractivity (Wildman–Crippen MR) is 63.9 cm³/mol. The van der Waals surface area contributed by atoms with Crippen LogP contribution in [0.3, 0.4) is 0 Å². The second-order valence-corrected chi connectivity index (χ2v) is 5.21. The van der Waals surface area contributed by atoms with E-state index in [0.717, 1.165) is 5.56 Å². The minimum Gasteiger partial charge on any atom is -0.337 e. The molecule has 0 aliphatic carbocycles. The highest BCUT2D eigenvalue weighted by Gasteiger charge is 2.24. The van der Waals surface area contributed by atoms with E-state index in [2.05, 4.69) is 5.32 Å². The second-order valence-electron chi connectivity index (χ2n) is 3.61. The van der Waals surface area contributed by atoms with Crippen LogP contribution in [-0.2, 0) is 21.3 Å². The lowest BCUT2D eigenvalue weighted by molar-refractivity contribution is -0.121. The van der Waals surface area contributed by atoms with Gasteiger partial charge < -0.3 is 5.32 Å². The van der Waals surface area contributed by atoms with Crippen LogP contribution in [0.15, 0.2) is 30.3 Å². The van der Waals surface area contributed by atoms with Crippen LogP contribution in [0.25, 0.3) is 0 Å². The van der Waals surface area contributed by atoms with Crippen molar-refractivity contribution in [1.29, 1.82) is 0 Å². The highest BCUT2D eigenvalue weighted by atomic mass is 32.2. The van der Waals surface area contributed by atoms with E-state index in [-0.39, 0.29) is 12.8 Å². The summed E-state index contributed by atoms with van der Waals surface area (Å²) in [5.41, 5.74) is 0.728. The molecule has 94 valence electrons. The van der Waals surface area contributed by atoms with Crippen molar-refractivity contribution in [1.82, 2.24) is 5.32 Å². The SMILES string of the molecule is CCC(=O)N[C@@H](Cc1ccccc1)S(=O)(=O)O. The molecule has 1 aromatic carbocycles. The molecule has 1 rings (SSSR count). The normalized spacial score (nSPS) is 13.1. The molecule has 0 aliphatic rings. The van der Waals surface area contributed by atoms with Crippen molar-refractivity contribution in [2.75, 3.05) is 0 Å². The second kappa shape index (κ2) is 5.79. The highest BCUT2D eigenvalue weighted by Crippen LogP contribution is 2.07. The van der Waals surface area contributed by atoms with Gasteiger partial charge in [-0.05, 0) is 5.56 Å². The Hall–Kier alpha value is -1.40. The maximum atomic E-state index is 11.2. The molecular weight excluding hydrogens is 242 g/mol. The molecule has 0 heterocycles. The number of carbonyl (C=O) groups is 1. The van der Waals surface area contributed by atoms with Gasteiger partial charge in [0, 0.05) is 12.8 Å². The first-order valence-electron chi connectivity index (χ1n) is 5.23. The summed E-state index contributed by atoms with van der Waals surface area (Å²) in [6, 6.07) is 8.79. The first kappa shape index (κ1) is 13.7. The Morgan fingerprint density at radius 3 is 2.41 bits per heavy atom. The average Bonchev–Trinajstić information content (AvgIpc) is 2.28. The fourth-order valence-electron chi connectivity index (χ4n) is 1.34. The van der Waals surface area contributed by atoms with Crippen molar-refractivity contribution < 1.29 is 17.8 Å². The Balaban J connectivity index is 2.82. The van der Waals surface area contributed by atoms with Crippen LogP contribution in [0.4, 0.5) is 0 Å². The summed E-state index contributed by atoms with van der Waals surface area (Å²) < 4.78 is 31.3. The molecule has 0 fully saturated rings. The van der Waals surface area contributed by atoms with Crippen LogP contribution in [0.1, 0.15) is 18.9 Å². The quantitative estimate of drug-likeness (QED) is 0.770. The average molecular weight is 257 g/mol. The van der Waals surface area contributed by atoms with Gasteiger partial charge in [0.1, 0.15) is 0 Å². The molecule has 0 saturated heterocycles. The molecule has 1 amide bonds. The van der Waals surface area contributed by atoms with E-state index in [0.29, 0.717) is 0 Å². The molecule has 0 bridgehead atoms. The van der Waals surface area contributed by atoms with Crippen molar-refractivity contribution >= 4 is 16.0 Å². The lowest BCUT2D eigenvalue weighted by Gasteiger charge is -2.15. The molecule has 2 N–H and O–H groups in total. The Morgan fingerprint density at radius 2 is 1.94 bits per heavy atom. The Labute approximate surface area is 101 Å². The third-order valence-corrected chi connectivity index (χ3v) is 3.27. The number of rotatable bonds is 5. The third kappa shape index (κ3) is 4.54. The summed E-state index contributed by atoms with van der Waals surface area (Å²) >= 11 is 0. The summed E-state index contributed by atoms with van der Waals surface area (Å²) in [4.78, 5) is 11.2. The van der Waals surface area contributed by atoms with Crippen molar-refractivity contribution in [3.05, 3.63) is 35.9 Å². The van der Waals surface area contributed by atoms with E-state index in [4.69, 9.17) is 4.55 Å². The molecule has 5 nitrogen and oxygen atoms in total. The van der Waals surface area contributed by atoms with Crippen LogP contribution in [0.5, 0.6) is 0 Å². The van der Waals surface area contributed by atoms with Crippen LogP contribution in [-0.4, -0.2) is 24.3 Å². The Morgan fingerprint density at radius 1 is 1.35 bits per heavy atom. The van der Waals surface area contributed by atoms with Gasteiger partial charge in [0.25, 0.3) is 10.1 Å². The standard InChI is InChI=1S/C11H15NO4S/c1-2-10(13)12-11(17(14,15)16)8-9-6-4-3-5-7-9/h3-7,11H,2,8H2,1H3,(H,12,13)(H,14,15,16)/t11-/m1/s1. The third-order valence-electron chi connectivity index (χ3n) is 2.27. The topological polar surface area (TPSA) is 83.5 Å². The van der Waals surface area contributed by atoms with Crippen molar-refractivity contribution in [3.8, 4) is 0 Å². The van der Waals surface area contributed by atoms with Gasteiger partial charge in [0.15, 0.2) is 5.37 Å². The molecule has 0 aromatic heterocycles. The molecular formula is C11H15NO4S. The van der Waals surface area contributed by atoms with Crippen LogP contribution < -0.4 is 5.32 Å². The van der Waals surface area contributed by atoms with Gasteiger partial charge >= 0.3 is 0 Å². The monoisotopic (exact) mass is 257 g/mol. The molecule has 0 spiro atoms. The zero-order chi connectivity index (χ0) is 12.9. The lowest BCUT2D eigenvalue weighted by atomic mass is 10.1. The number of amides is 1. The Bertz CT molecular complexity index is 470. The largest absolute Gasteiger partial charge is 0.337 e. The van der Waals surface area contributed by atoms with Gasteiger partial charge in [-0.15, -0.1) is 0 Å². The molecule has 0 saturated carbocycles. The summed E-state index contributed by atoms with van der Waals surface area (Å²) in [5, 5.41) is 0.984. The summed E-state index contributed by atoms with van der Waals surface area (Å²) in [5.74, 6) is -0.413. The van der Waals surface area contributed by atoms with Crippen molar-refractivity contribution in [3.63, 3.8) is 0 Å². The number of benzene rings is 1. The maximum Gasteiger partial charge on any atom is 0.286 e. The molecule has 6 heteroatoms. The van der Waals surface area contributed by atoms with Crippen LogP contribution in [0, 0.1) is 0 Å². The van der Waals surface area contributed by atoms with Gasteiger partial charge in [-0.3, -0.25) is 9.35 Å². The van der Waals surface area contributed by atoms with Crippen molar-refractivity contribution in [2.45, 2.75) is 25.1 Å². The first-order chi connectivity index (χ1) is 7.93. The van der Waals surface area contributed by atoms with E-state index in [1.54, 1.807) is 37.3 Å². The van der Waals surface area contributed by atoms with Gasteiger partial charge in [0.2, 0.25) is 5.91 Å². The van der Waals surface area contributed by atoms with Gasteiger partial charge in [-0.1, -0.05) is 37.3 Å². The smallest absolute Gasteiger partial charge is 0.286 e. The fraction of sp³-hybridized carbons (Fsp3) is 0.364. The number of hydrogen-bond acceptors (Lipinski definition) is 3. The maximum absolute atomic E-state index is 11.2. The Kier molecular flexibility index (Phi) is 4.65. The summed E-state index contributed by atoms with van der Waals surface area (Å²) in [6.07, 6.45) is 0.215. The fourth-order valence-corrected chi connectivity index (χ4v) is 2.02. The lowest BCUT2D eigenvalue weighted by Crippen LogP contribution is -2.41. The van der Waals surface area contributed by atoms with E-state index < -0.39 is 21.4 Å². The van der Waals surface area contributed by atoms with E-state index in [9.17, 15) is 13.2 Å². The van der Waals surface area contributed by atoms with Gasteiger partial charge in [0.05, 0.1) is 0 Å². The van der Waals surface area contributed by atoms with Crippen molar-refractivity contribution in [2.24, 2.45) is 0 Å². The number of carbonyl (C=O) groups excluding carboxylic acids is 1. The molecule has 17 heavy (non-hydrogen) atoms. The molecule has 1 atom stereocenters. The number of hydrogen-bond donors (Lipinski definition) is 2. The minimum atomic E-state index is -4.30. The molecule has 1 aromatic rings.